The van der Waals surface area contributed by atoms with E-state index in [4.69, 9.17) is 0 Å². The van der Waals surface area contributed by atoms with Crippen LogP contribution >= 0.6 is 11.3 Å². The molecule has 1 aliphatic heterocycles. The van der Waals surface area contributed by atoms with E-state index < -0.39 is 0 Å². The number of hydrogen-bond donors (Lipinski definition) is 2. The minimum atomic E-state index is -0.162. The smallest absolute Gasteiger partial charge is 0.315 e. The van der Waals surface area contributed by atoms with Crippen LogP contribution in [0.3, 0.4) is 0 Å². The van der Waals surface area contributed by atoms with Gasteiger partial charge in [0.15, 0.2) is 0 Å². The Morgan fingerprint density at radius 2 is 2.33 bits per heavy atom. The number of urea groups is 1. The third-order valence-corrected chi connectivity index (χ3v) is 5.60. The van der Waals surface area contributed by atoms with Crippen molar-refractivity contribution in [1.82, 2.24) is 30.4 Å². The molecule has 7 nitrogen and oxygen atoms in total. The highest BCUT2D eigenvalue weighted by Gasteiger charge is 2.27. The van der Waals surface area contributed by atoms with Crippen molar-refractivity contribution >= 4 is 17.4 Å². The second-order valence-electron chi connectivity index (χ2n) is 6.54. The van der Waals surface area contributed by atoms with E-state index in [2.05, 4.69) is 35.8 Å². The van der Waals surface area contributed by atoms with E-state index in [0.717, 1.165) is 36.7 Å². The number of thiazole rings is 1. The fourth-order valence-electron chi connectivity index (χ4n) is 3.02. The van der Waals surface area contributed by atoms with E-state index in [1.54, 1.807) is 11.3 Å². The molecule has 0 spiro atoms. The maximum atomic E-state index is 12.1. The molecule has 1 fully saturated rings. The molecule has 2 aliphatic rings. The van der Waals surface area contributed by atoms with Crippen LogP contribution in [0.15, 0.2) is 5.38 Å². The van der Waals surface area contributed by atoms with E-state index in [1.807, 2.05) is 6.92 Å². The van der Waals surface area contributed by atoms with Gasteiger partial charge in [0.25, 0.3) is 0 Å². The van der Waals surface area contributed by atoms with Crippen LogP contribution in [0.5, 0.6) is 0 Å². The van der Waals surface area contributed by atoms with Gasteiger partial charge < -0.3 is 15.2 Å². The zero-order valence-electron chi connectivity index (χ0n) is 13.8. The lowest BCUT2D eigenvalue weighted by molar-refractivity contribution is 0.238. The van der Waals surface area contributed by atoms with Gasteiger partial charge in [-0.2, -0.15) is 0 Å². The predicted octanol–water partition coefficient (Wildman–Crippen LogP) is 2.16. The molecule has 0 aromatic carbocycles. The van der Waals surface area contributed by atoms with Crippen LogP contribution < -0.4 is 10.6 Å². The Morgan fingerprint density at radius 3 is 3.17 bits per heavy atom. The maximum Gasteiger partial charge on any atom is 0.315 e. The lowest BCUT2D eigenvalue weighted by Gasteiger charge is -2.12. The molecule has 0 radical (unpaired) electrons. The molecule has 1 atom stereocenters. The zero-order valence-corrected chi connectivity index (χ0v) is 14.6. The van der Waals surface area contributed by atoms with Gasteiger partial charge in [-0.1, -0.05) is 0 Å². The van der Waals surface area contributed by atoms with Gasteiger partial charge in [0, 0.05) is 37.2 Å². The van der Waals surface area contributed by atoms with E-state index in [0.29, 0.717) is 18.9 Å². The Kier molecular flexibility index (Phi) is 4.22. The predicted molar refractivity (Wildman–Crippen MR) is 91.1 cm³/mol. The SMILES string of the molecule is CC(NC(=O)NCCc1nnc2n1CCC2)c1csc(C2CC2)n1. The summed E-state index contributed by atoms with van der Waals surface area (Å²) in [7, 11) is 0. The average molecular weight is 346 g/mol. The molecular weight excluding hydrogens is 324 g/mol. The Morgan fingerprint density at radius 1 is 1.46 bits per heavy atom. The average Bonchev–Trinajstić information content (AvgIpc) is 3.00. The van der Waals surface area contributed by atoms with Gasteiger partial charge in [0.2, 0.25) is 0 Å². The monoisotopic (exact) mass is 346 g/mol. The summed E-state index contributed by atoms with van der Waals surface area (Å²) < 4.78 is 2.16. The summed E-state index contributed by atoms with van der Waals surface area (Å²) in [5, 5.41) is 17.5. The summed E-state index contributed by atoms with van der Waals surface area (Å²) in [4.78, 5) is 16.7. The van der Waals surface area contributed by atoms with Gasteiger partial charge in [-0.25, -0.2) is 9.78 Å². The molecule has 0 bridgehead atoms. The Balaban J connectivity index is 1.23. The van der Waals surface area contributed by atoms with Crippen LogP contribution in [-0.4, -0.2) is 32.3 Å². The molecule has 4 rings (SSSR count). The second-order valence-corrected chi connectivity index (χ2v) is 7.43. The maximum absolute atomic E-state index is 12.1. The third-order valence-electron chi connectivity index (χ3n) is 4.58. The van der Waals surface area contributed by atoms with Crippen LogP contribution in [-0.2, 0) is 19.4 Å². The number of carbonyl (C=O) groups is 1. The molecule has 24 heavy (non-hydrogen) atoms. The molecular formula is C16H22N6OS. The molecule has 1 aliphatic carbocycles. The topological polar surface area (TPSA) is 84.7 Å². The first-order valence-corrected chi connectivity index (χ1v) is 9.49. The minimum absolute atomic E-state index is 0.0777. The number of aryl methyl sites for hydroxylation is 1. The minimum Gasteiger partial charge on any atom is -0.338 e. The van der Waals surface area contributed by atoms with Crippen LogP contribution in [0.25, 0.3) is 0 Å². The molecule has 2 aromatic rings. The van der Waals surface area contributed by atoms with Crippen LogP contribution in [0.2, 0.25) is 0 Å². The number of fused-ring (bicyclic) bond motifs is 1. The number of nitrogens with zero attached hydrogens (tertiary/aromatic N) is 4. The zero-order chi connectivity index (χ0) is 16.5. The fourth-order valence-corrected chi connectivity index (χ4v) is 4.11. The summed E-state index contributed by atoms with van der Waals surface area (Å²) in [5.41, 5.74) is 0.951. The molecule has 2 amide bonds. The summed E-state index contributed by atoms with van der Waals surface area (Å²) in [6, 6.07) is -0.240. The molecule has 1 saturated carbocycles. The van der Waals surface area contributed by atoms with Crippen molar-refractivity contribution in [2.24, 2.45) is 0 Å². The van der Waals surface area contributed by atoms with Gasteiger partial charge in [0.05, 0.1) is 16.7 Å². The van der Waals surface area contributed by atoms with Crippen molar-refractivity contribution in [2.75, 3.05) is 6.54 Å². The summed E-state index contributed by atoms with van der Waals surface area (Å²) in [6.45, 7) is 3.52. The molecule has 2 N–H and O–H groups in total. The molecule has 128 valence electrons. The molecule has 2 aromatic heterocycles. The number of aromatic nitrogens is 4. The standard InChI is InChI=1S/C16H22N6OS/c1-10(12-9-24-15(19-12)11-4-5-11)18-16(23)17-7-6-14-21-20-13-3-2-8-22(13)14/h9-11H,2-8H2,1H3,(H2,17,18,23). The van der Waals surface area contributed by atoms with Crippen molar-refractivity contribution in [1.29, 1.82) is 0 Å². The van der Waals surface area contributed by atoms with Crippen molar-refractivity contribution in [2.45, 2.75) is 57.5 Å². The first-order valence-electron chi connectivity index (χ1n) is 8.61. The van der Waals surface area contributed by atoms with E-state index >= 15 is 0 Å². The molecule has 0 saturated heterocycles. The highest BCUT2D eigenvalue weighted by molar-refractivity contribution is 7.09. The summed E-state index contributed by atoms with van der Waals surface area (Å²) in [5.74, 6) is 2.69. The normalized spacial score (nSPS) is 17.5. The van der Waals surface area contributed by atoms with Crippen molar-refractivity contribution < 1.29 is 4.79 Å². The Labute approximate surface area is 144 Å². The number of hydrogen-bond acceptors (Lipinski definition) is 5. The van der Waals surface area contributed by atoms with Crippen molar-refractivity contribution in [3.8, 4) is 0 Å². The summed E-state index contributed by atoms with van der Waals surface area (Å²) >= 11 is 1.70. The Bertz CT molecular complexity index is 735. The van der Waals surface area contributed by atoms with Crippen LogP contribution in [0, 0.1) is 0 Å². The van der Waals surface area contributed by atoms with E-state index in [1.165, 1.54) is 17.8 Å². The number of amides is 2. The quantitative estimate of drug-likeness (QED) is 0.839. The van der Waals surface area contributed by atoms with Crippen molar-refractivity contribution in [3.63, 3.8) is 0 Å². The molecule has 3 heterocycles. The fraction of sp³-hybridized carbons (Fsp3) is 0.625. The largest absolute Gasteiger partial charge is 0.338 e. The number of rotatable bonds is 6. The molecule has 8 heteroatoms. The van der Waals surface area contributed by atoms with Gasteiger partial charge in [0.1, 0.15) is 11.6 Å². The number of carbonyl (C=O) groups excluding carboxylic acids is 1. The lowest BCUT2D eigenvalue weighted by atomic mass is 10.2. The van der Waals surface area contributed by atoms with Gasteiger partial charge in [-0.15, -0.1) is 21.5 Å². The Hall–Kier alpha value is -1.96. The van der Waals surface area contributed by atoms with Gasteiger partial charge in [-0.3, -0.25) is 0 Å². The van der Waals surface area contributed by atoms with E-state index in [-0.39, 0.29) is 12.1 Å². The van der Waals surface area contributed by atoms with Crippen molar-refractivity contribution in [3.05, 3.63) is 27.7 Å². The second kappa shape index (κ2) is 6.51. The third kappa shape index (κ3) is 3.28. The van der Waals surface area contributed by atoms with Gasteiger partial charge >= 0.3 is 6.03 Å². The molecule has 1 unspecified atom stereocenters. The van der Waals surface area contributed by atoms with E-state index in [9.17, 15) is 4.79 Å². The highest BCUT2D eigenvalue weighted by Crippen LogP contribution is 2.41. The first kappa shape index (κ1) is 15.6. The van der Waals surface area contributed by atoms with Crippen LogP contribution in [0.1, 0.15) is 60.5 Å². The van der Waals surface area contributed by atoms with Crippen LogP contribution in [0.4, 0.5) is 4.79 Å². The lowest BCUT2D eigenvalue weighted by Crippen LogP contribution is -2.38. The number of nitrogens with one attached hydrogen (secondary N) is 2. The summed E-state index contributed by atoms with van der Waals surface area (Å²) in [6.07, 6.45) is 5.36. The highest BCUT2D eigenvalue weighted by atomic mass is 32.1. The first-order chi connectivity index (χ1) is 11.7. The van der Waals surface area contributed by atoms with Gasteiger partial charge in [-0.05, 0) is 26.2 Å².